The summed E-state index contributed by atoms with van der Waals surface area (Å²) in [6.07, 6.45) is 1.34. The third-order valence-corrected chi connectivity index (χ3v) is 5.02. The summed E-state index contributed by atoms with van der Waals surface area (Å²) < 4.78 is 21.8. The van der Waals surface area contributed by atoms with Crippen molar-refractivity contribution in [1.82, 2.24) is 5.43 Å². The van der Waals surface area contributed by atoms with Crippen molar-refractivity contribution in [3.05, 3.63) is 72.3 Å². The number of nitrogens with zero attached hydrogens (tertiary/aromatic N) is 1. The molecule has 3 amide bonds. The SMILES string of the molecule is CCOc1ccc(NC(=O)COc2ccc(/C=N\NC(=O)C(=O)Nc3ccccc3OCC)cc2OC)cc1. The largest absolute Gasteiger partial charge is 0.494 e. The molecule has 11 heteroatoms. The van der Waals surface area contributed by atoms with Gasteiger partial charge in [-0.1, -0.05) is 12.1 Å². The van der Waals surface area contributed by atoms with Gasteiger partial charge >= 0.3 is 11.8 Å². The molecule has 0 heterocycles. The maximum absolute atomic E-state index is 12.3. The molecule has 0 bridgehead atoms. The molecule has 0 fully saturated rings. The molecule has 204 valence electrons. The van der Waals surface area contributed by atoms with Gasteiger partial charge in [-0.05, 0) is 74.0 Å². The molecule has 3 aromatic carbocycles. The average molecular weight is 535 g/mol. The van der Waals surface area contributed by atoms with E-state index in [4.69, 9.17) is 18.9 Å². The molecule has 0 atom stereocenters. The molecule has 0 aliphatic rings. The lowest BCUT2D eigenvalue weighted by atomic mass is 10.2. The first kappa shape index (κ1) is 28.5. The quantitative estimate of drug-likeness (QED) is 0.183. The summed E-state index contributed by atoms with van der Waals surface area (Å²) in [5.74, 6) is -0.347. The lowest BCUT2D eigenvalue weighted by molar-refractivity contribution is -0.136. The zero-order valence-electron chi connectivity index (χ0n) is 21.9. The van der Waals surface area contributed by atoms with E-state index in [-0.39, 0.29) is 12.5 Å². The summed E-state index contributed by atoms with van der Waals surface area (Å²) in [6.45, 7) is 4.44. The van der Waals surface area contributed by atoms with E-state index in [0.717, 1.165) is 0 Å². The first-order valence-corrected chi connectivity index (χ1v) is 12.1. The van der Waals surface area contributed by atoms with Crippen LogP contribution in [0.3, 0.4) is 0 Å². The molecule has 0 aliphatic carbocycles. The Morgan fingerprint density at radius 3 is 2.26 bits per heavy atom. The second-order valence-corrected chi connectivity index (χ2v) is 7.79. The number of nitrogens with one attached hydrogen (secondary N) is 3. The Labute approximate surface area is 226 Å². The van der Waals surface area contributed by atoms with Gasteiger partial charge in [-0.2, -0.15) is 5.10 Å². The number of hydrogen-bond donors (Lipinski definition) is 3. The van der Waals surface area contributed by atoms with Gasteiger partial charge in [0.05, 0.1) is 32.2 Å². The van der Waals surface area contributed by atoms with Crippen LogP contribution in [0.4, 0.5) is 11.4 Å². The normalized spacial score (nSPS) is 10.4. The van der Waals surface area contributed by atoms with Gasteiger partial charge in [-0.25, -0.2) is 5.43 Å². The third kappa shape index (κ3) is 8.78. The first-order valence-electron chi connectivity index (χ1n) is 12.1. The van der Waals surface area contributed by atoms with Crippen LogP contribution in [-0.2, 0) is 14.4 Å². The van der Waals surface area contributed by atoms with E-state index in [1.54, 1.807) is 66.7 Å². The number of carbonyl (C=O) groups excluding carboxylic acids is 3. The number of amides is 3. The molecule has 3 rings (SSSR count). The summed E-state index contributed by atoms with van der Waals surface area (Å²) in [5, 5.41) is 9.05. The summed E-state index contributed by atoms with van der Waals surface area (Å²) in [5.41, 5.74) is 3.71. The van der Waals surface area contributed by atoms with Crippen molar-refractivity contribution in [2.45, 2.75) is 13.8 Å². The summed E-state index contributed by atoms with van der Waals surface area (Å²) >= 11 is 0. The van der Waals surface area contributed by atoms with Crippen LogP contribution in [0.2, 0.25) is 0 Å². The van der Waals surface area contributed by atoms with Crippen molar-refractivity contribution in [3.8, 4) is 23.0 Å². The highest BCUT2D eigenvalue weighted by atomic mass is 16.5. The molecule has 3 N–H and O–H groups in total. The minimum Gasteiger partial charge on any atom is -0.494 e. The number of hydrogen-bond acceptors (Lipinski definition) is 8. The van der Waals surface area contributed by atoms with E-state index in [0.29, 0.717) is 53.2 Å². The van der Waals surface area contributed by atoms with Gasteiger partial charge in [0.25, 0.3) is 5.91 Å². The molecule has 0 unspecified atom stereocenters. The topological polar surface area (TPSA) is 137 Å². The third-order valence-electron chi connectivity index (χ3n) is 5.02. The summed E-state index contributed by atoms with van der Waals surface area (Å²) in [4.78, 5) is 36.6. The van der Waals surface area contributed by atoms with Crippen molar-refractivity contribution in [2.75, 3.05) is 37.6 Å². The van der Waals surface area contributed by atoms with Crippen LogP contribution in [0.1, 0.15) is 19.4 Å². The molecule has 0 saturated heterocycles. The molecule has 0 aliphatic heterocycles. The van der Waals surface area contributed by atoms with E-state index in [1.165, 1.54) is 13.3 Å². The number of hydrazone groups is 1. The fourth-order valence-corrected chi connectivity index (χ4v) is 3.27. The van der Waals surface area contributed by atoms with E-state index in [2.05, 4.69) is 21.2 Å². The van der Waals surface area contributed by atoms with Crippen molar-refractivity contribution < 1.29 is 33.3 Å². The molecule has 0 radical (unpaired) electrons. The van der Waals surface area contributed by atoms with Crippen molar-refractivity contribution in [2.24, 2.45) is 5.10 Å². The van der Waals surface area contributed by atoms with Crippen LogP contribution in [0, 0.1) is 0 Å². The Bertz CT molecular complexity index is 1310. The van der Waals surface area contributed by atoms with E-state index in [1.807, 2.05) is 13.8 Å². The number of para-hydroxylation sites is 2. The Kier molecular flexibility index (Phi) is 10.7. The number of anilines is 2. The smallest absolute Gasteiger partial charge is 0.329 e. The van der Waals surface area contributed by atoms with E-state index in [9.17, 15) is 14.4 Å². The fourth-order valence-electron chi connectivity index (χ4n) is 3.27. The monoisotopic (exact) mass is 534 g/mol. The van der Waals surface area contributed by atoms with Crippen molar-refractivity contribution in [1.29, 1.82) is 0 Å². The Balaban J connectivity index is 1.51. The van der Waals surface area contributed by atoms with Crippen molar-refractivity contribution in [3.63, 3.8) is 0 Å². The minimum absolute atomic E-state index is 0.241. The Hall–Kier alpha value is -5.06. The van der Waals surface area contributed by atoms with Crippen LogP contribution in [0.15, 0.2) is 71.8 Å². The predicted molar refractivity (Wildman–Crippen MR) is 147 cm³/mol. The maximum atomic E-state index is 12.3. The lowest BCUT2D eigenvalue weighted by Gasteiger charge is -2.12. The highest BCUT2D eigenvalue weighted by Gasteiger charge is 2.15. The number of ether oxygens (including phenoxy) is 4. The molecular formula is C28H30N4O7. The van der Waals surface area contributed by atoms with E-state index >= 15 is 0 Å². The highest BCUT2D eigenvalue weighted by molar-refractivity contribution is 6.39. The molecule has 3 aromatic rings. The van der Waals surface area contributed by atoms with Crippen LogP contribution in [-0.4, -0.2) is 50.9 Å². The first-order chi connectivity index (χ1) is 18.9. The molecule has 0 saturated carbocycles. The molecule has 0 aromatic heterocycles. The van der Waals surface area contributed by atoms with Gasteiger partial charge in [0.2, 0.25) is 0 Å². The molecule has 39 heavy (non-hydrogen) atoms. The van der Waals surface area contributed by atoms with Crippen molar-refractivity contribution >= 4 is 35.3 Å². The standard InChI is InChI=1S/C28H30N4O7/c1-4-37-21-13-11-20(12-14-21)30-26(33)18-39-24-15-10-19(16-25(24)36-3)17-29-32-28(35)27(34)31-22-8-6-7-9-23(22)38-5-2/h6-17H,4-5,18H2,1-3H3,(H,30,33)(H,31,34)(H,32,35)/b29-17-. The van der Waals surface area contributed by atoms with Gasteiger partial charge < -0.3 is 29.6 Å². The number of methoxy groups -OCH3 is 1. The molecule has 11 nitrogen and oxygen atoms in total. The van der Waals surface area contributed by atoms with Crippen LogP contribution >= 0.6 is 0 Å². The molecule has 0 spiro atoms. The Morgan fingerprint density at radius 2 is 1.54 bits per heavy atom. The number of benzene rings is 3. The summed E-state index contributed by atoms with van der Waals surface area (Å²) in [6, 6.07) is 18.6. The molecular weight excluding hydrogens is 504 g/mol. The zero-order valence-corrected chi connectivity index (χ0v) is 21.9. The minimum atomic E-state index is -0.956. The van der Waals surface area contributed by atoms with Crippen LogP contribution in [0.25, 0.3) is 0 Å². The van der Waals surface area contributed by atoms with Gasteiger partial charge in [-0.3, -0.25) is 14.4 Å². The second-order valence-electron chi connectivity index (χ2n) is 7.79. The van der Waals surface area contributed by atoms with Gasteiger partial charge in [0, 0.05) is 5.69 Å². The number of rotatable bonds is 12. The number of carbonyl (C=O) groups is 3. The summed E-state index contributed by atoms with van der Waals surface area (Å²) in [7, 11) is 1.45. The van der Waals surface area contributed by atoms with Crippen LogP contribution < -0.4 is 35.0 Å². The zero-order chi connectivity index (χ0) is 28.0. The fraction of sp³-hybridized carbons (Fsp3) is 0.214. The van der Waals surface area contributed by atoms with Gasteiger partial charge in [0.15, 0.2) is 18.1 Å². The Morgan fingerprint density at radius 1 is 0.795 bits per heavy atom. The maximum Gasteiger partial charge on any atom is 0.329 e. The average Bonchev–Trinajstić information content (AvgIpc) is 2.94. The van der Waals surface area contributed by atoms with Gasteiger partial charge in [-0.15, -0.1) is 0 Å². The second kappa shape index (κ2) is 14.6. The highest BCUT2D eigenvalue weighted by Crippen LogP contribution is 2.28. The van der Waals surface area contributed by atoms with Gasteiger partial charge in [0.1, 0.15) is 11.5 Å². The predicted octanol–water partition coefficient (Wildman–Crippen LogP) is 3.60. The van der Waals surface area contributed by atoms with Crippen LogP contribution in [0.5, 0.6) is 23.0 Å². The lowest BCUT2D eigenvalue weighted by Crippen LogP contribution is -2.32. The van der Waals surface area contributed by atoms with E-state index < -0.39 is 11.8 Å².